The maximum absolute atomic E-state index is 10.6. The molecule has 0 radical (unpaired) electrons. The topological polar surface area (TPSA) is 20.2 Å². The normalized spacial score (nSPS) is 13.6. The zero-order valence-corrected chi connectivity index (χ0v) is 13.3. The summed E-state index contributed by atoms with van der Waals surface area (Å²) in [6, 6.07) is 10.0. The highest BCUT2D eigenvalue weighted by Crippen LogP contribution is 2.37. The van der Waals surface area contributed by atoms with Gasteiger partial charge in [0, 0.05) is 4.88 Å². The fourth-order valence-corrected chi connectivity index (χ4v) is 3.41. The molecule has 1 aromatic carbocycles. The third kappa shape index (κ3) is 3.02. The van der Waals surface area contributed by atoms with Gasteiger partial charge in [-0.25, -0.2) is 0 Å². The van der Waals surface area contributed by atoms with Gasteiger partial charge in [-0.05, 0) is 35.1 Å². The number of benzene rings is 1. The van der Waals surface area contributed by atoms with Gasteiger partial charge in [-0.1, -0.05) is 56.6 Å². The second-order valence-corrected chi connectivity index (χ2v) is 7.53. The number of aryl methyl sites for hydroxylation is 1. The van der Waals surface area contributed by atoms with Crippen molar-refractivity contribution in [1.29, 1.82) is 0 Å². The van der Waals surface area contributed by atoms with E-state index in [4.69, 9.17) is 11.6 Å². The van der Waals surface area contributed by atoms with Crippen LogP contribution in [0.3, 0.4) is 0 Å². The first-order chi connectivity index (χ1) is 8.80. The highest BCUT2D eigenvalue weighted by Gasteiger charge is 2.23. The Morgan fingerprint density at radius 1 is 1.21 bits per heavy atom. The molecule has 1 unspecified atom stereocenters. The summed E-state index contributed by atoms with van der Waals surface area (Å²) in [5, 5.41) is 10.6. The molecular formula is C16H19ClOS. The van der Waals surface area contributed by atoms with Crippen LogP contribution in [0.15, 0.2) is 30.3 Å². The molecule has 1 aromatic heterocycles. The van der Waals surface area contributed by atoms with E-state index in [1.807, 2.05) is 31.2 Å². The van der Waals surface area contributed by atoms with Gasteiger partial charge in [0.15, 0.2) is 0 Å². The van der Waals surface area contributed by atoms with Crippen molar-refractivity contribution >= 4 is 22.9 Å². The Morgan fingerprint density at radius 3 is 2.37 bits per heavy atom. The fraction of sp³-hybridized carbons (Fsp3) is 0.375. The van der Waals surface area contributed by atoms with E-state index in [1.165, 1.54) is 16.9 Å². The Hall–Kier alpha value is -0.830. The molecule has 0 fully saturated rings. The zero-order chi connectivity index (χ0) is 14.2. The maximum Gasteiger partial charge on any atom is 0.114 e. The van der Waals surface area contributed by atoms with Crippen molar-refractivity contribution in [2.45, 2.75) is 39.2 Å². The van der Waals surface area contributed by atoms with Gasteiger partial charge in [-0.2, -0.15) is 0 Å². The molecule has 1 nitrogen and oxygen atoms in total. The van der Waals surface area contributed by atoms with Crippen LogP contribution in [0.4, 0.5) is 0 Å². The van der Waals surface area contributed by atoms with Crippen LogP contribution in [-0.2, 0) is 5.41 Å². The fourth-order valence-electron chi connectivity index (χ4n) is 2.19. The van der Waals surface area contributed by atoms with Crippen LogP contribution in [0.2, 0.25) is 4.34 Å². The van der Waals surface area contributed by atoms with Gasteiger partial charge in [-0.15, -0.1) is 11.3 Å². The molecule has 0 aliphatic heterocycles. The van der Waals surface area contributed by atoms with Crippen LogP contribution in [0.1, 0.15) is 48.4 Å². The minimum absolute atomic E-state index is 0.00761. The smallest absolute Gasteiger partial charge is 0.114 e. The molecular weight excluding hydrogens is 276 g/mol. The Kier molecular flexibility index (Phi) is 4.05. The van der Waals surface area contributed by atoms with E-state index in [2.05, 4.69) is 26.8 Å². The molecule has 2 aromatic rings. The minimum atomic E-state index is -0.605. The molecule has 0 aliphatic carbocycles. The SMILES string of the molecule is Cc1cc(C(O)c2ccccc2C(C)(C)C)sc1Cl. The van der Waals surface area contributed by atoms with Crippen molar-refractivity contribution in [3.8, 4) is 0 Å². The molecule has 0 amide bonds. The number of aliphatic hydroxyl groups excluding tert-OH is 1. The number of aliphatic hydroxyl groups is 1. The first-order valence-corrected chi connectivity index (χ1v) is 7.53. The lowest BCUT2D eigenvalue weighted by molar-refractivity contribution is 0.221. The van der Waals surface area contributed by atoms with Crippen molar-refractivity contribution in [1.82, 2.24) is 0 Å². The highest BCUT2D eigenvalue weighted by molar-refractivity contribution is 7.16. The Bertz CT molecular complexity index is 561. The molecule has 0 aliphatic rings. The highest BCUT2D eigenvalue weighted by atomic mass is 35.5. The lowest BCUT2D eigenvalue weighted by Crippen LogP contribution is -2.16. The van der Waals surface area contributed by atoms with Gasteiger partial charge < -0.3 is 5.11 Å². The number of rotatable bonds is 2. The summed E-state index contributed by atoms with van der Waals surface area (Å²) in [6.07, 6.45) is -0.605. The molecule has 2 rings (SSSR count). The summed E-state index contributed by atoms with van der Waals surface area (Å²) >= 11 is 7.55. The van der Waals surface area contributed by atoms with Crippen LogP contribution in [-0.4, -0.2) is 5.11 Å². The van der Waals surface area contributed by atoms with Gasteiger partial charge in [0.2, 0.25) is 0 Å². The van der Waals surface area contributed by atoms with E-state index in [-0.39, 0.29) is 5.41 Å². The largest absolute Gasteiger partial charge is 0.383 e. The predicted octanol–water partition coefficient (Wildman–Crippen LogP) is 5.09. The maximum atomic E-state index is 10.6. The molecule has 0 saturated heterocycles. The van der Waals surface area contributed by atoms with Crippen LogP contribution in [0, 0.1) is 6.92 Å². The number of thiophene rings is 1. The van der Waals surface area contributed by atoms with E-state index >= 15 is 0 Å². The van der Waals surface area contributed by atoms with Crippen molar-refractivity contribution < 1.29 is 5.11 Å². The summed E-state index contributed by atoms with van der Waals surface area (Å²) < 4.78 is 0.752. The van der Waals surface area contributed by atoms with E-state index in [0.29, 0.717) is 0 Å². The van der Waals surface area contributed by atoms with Crippen molar-refractivity contribution in [2.75, 3.05) is 0 Å². The Balaban J connectivity index is 2.47. The quantitative estimate of drug-likeness (QED) is 0.818. The van der Waals surface area contributed by atoms with Gasteiger partial charge in [0.25, 0.3) is 0 Å². The van der Waals surface area contributed by atoms with Crippen molar-refractivity contribution in [3.05, 3.63) is 56.2 Å². The van der Waals surface area contributed by atoms with E-state index < -0.39 is 6.10 Å². The second kappa shape index (κ2) is 5.28. The molecule has 3 heteroatoms. The summed E-state index contributed by atoms with van der Waals surface area (Å²) in [6.45, 7) is 8.44. The van der Waals surface area contributed by atoms with Crippen LogP contribution in [0.5, 0.6) is 0 Å². The predicted molar refractivity (Wildman–Crippen MR) is 83.3 cm³/mol. The Labute approximate surface area is 123 Å². The van der Waals surface area contributed by atoms with Gasteiger partial charge in [0.1, 0.15) is 6.10 Å². The first-order valence-electron chi connectivity index (χ1n) is 6.34. The molecule has 0 bridgehead atoms. The first kappa shape index (κ1) is 14.6. The van der Waals surface area contributed by atoms with Gasteiger partial charge >= 0.3 is 0 Å². The van der Waals surface area contributed by atoms with Crippen LogP contribution in [0.25, 0.3) is 0 Å². The summed E-state index contributed by atoms with van der Waals surface area (Å²) in [4.78, 5) is 0.902. The van der Waals surface area contributed by atoms with Crippen LogP contribution < -0.4 is 0 Å². The molecule has 1 atom stereocenters. The summed E-state index contributed by atoms with van der Waals surface area (Å²) in [7, 11) is 0. The van der Waals surface area contributed by atoms with E-state index in [1.54, 1.807) is 0 Å². The zero-order valence-electron chi connectivity index (χ0n) is 11.7. The average Bonchev–Trinajstić information content (AvgIpc) is 2.68. The lowest BCUT2D eigenvalue weighted by atomic mass is 9.82. The molecule has 19 heavy (non-hydrogen) atoms. The van der Waals surface area contributed by atoms with E-state index in [9.17, 15) is 5.11 Å². The standard InChI is InChI=1S/C16H19ClOS/c1-10-9-13(19-15(10)17)14(18)11-7-5-6-8-12(11)16(2,3)4/h5-9,14,18H,1-4H3. The number of halogens is 1. The number of hydrogen-bond acceptors (Lipinski definition) is 2. The molecule has 1 heterocycles. The number of hydrogen-bond donors (Lipinski definition) is 1. The average molecular weight is 295 g/mol. The summed E-state index contributed by atoms with van der Waals surface area (Å²) in [5.74, 6) is 0. The van der Waals surface area contributed by atoms with Gasteiger partial charge in [-0.3, -0.25) is 0 Å². The summed E-state index contributed by atoms with van der Waals surface area (Å²) in [5.41, 5.74) is 3.17. The van der Waals surface area contributed by atoms with Crippen LogP contribution >= 0.6 is 22.9 Å². The lowest BCUT2D eigenvalue weighted by Gasteiger charge is -2.25. The third-order valence-corrected chi connectivity index (χ3v) is 4.82. The van der Waals surface area contributed by atoms with Crippen molar-refractivity contribution in [3.63, 3.8) is 0 Å². The second-order valence-electron chi connectivity index (χ2n) is 5.85. The van der Waals surface area contributed by atoms with Crippen molar-refractivity contribution in [2.24, 2.45) is 0 Å². The molecule has 0 saturated carbocycles. The minimum Gasteiger partial charge on any atom is -0.383 e. The van der Waals surface area contributed by atoms with E-state index in [0.717, 1.165) is 20.3 Å². The van der Waals surface area contributed by atoms with Gasteiger partial charge in [0.05, 0.1) is 4.34 Å². The molecule has 102 valence electrons. The Morgan fingerprint density at radius 2 is 1.84 bits per heavy atom. The molecule has 0 spiro atoms. The molecule has 1 N–H and O–H groups in total. The monoisotopic (exact) mass is 294 g/mol. The third-order valence-electron chi connectivity index (χ3n) is 3.21.